The summed E-state index contributed by atoms with van der Waals surface area (Å²) in [4.78, 5) is 7.38. The van der Waals surface area contributed by atoms with Gasteiger partial charge in [0.1, 0.15) is 17.3 Å². The fraction of sp³-hybridized carbons (Fsp3) is 0.190. The molecule has 0 radical (unpaired) electrons. The topological polar surface area (TPSA) is 80.7 Å². The molecule has 3 rings (SSSR count). The maximum Gasteiger partial charge on any atom is 0.461 e. The van der Waals surface area contributed by atoms with Gasteiger partial charge in [-0.25, -0.2) is 5.43 Å². The molecule has 3 aromatic rings. The summed E-state index contributed by atoms with van der Waals surface area (Å²) in [5, 5.41) is 6.38. The van der Waals surface area contributed by atoms with E-state index in [4.69, 9.17) is 0 Å². The minimum atomic E-state index is -4.68. The van der Waals surface area contributed by atoms with Crippen molar-refractivity contribution in [2.75, 3.05) is 10.7 Å². The van der Waals surface area contributed by atoms with Crippen molar-refractivity contribution >= 4 is 23.7 Å². The second-order valence-corrected chi connectivity index (χ2v) is 6.92. The lowest BCUT2D eigenvalue weighted by atomic mass is 10.2. The highest BCUT2D eigenvalue weighted by atomic mass is 19.3. The first-order valence-corrected chi connectivity index (χ1v) is 9.85. The van der Waals surface area contributed by atoms with Crippen LogP contribution in [0.2, 0.25) is 0 Å². The van der Waals surface area contributed by atoms with E-state index in [-0.39, 0.29) is 17.5 Å². The second-order valence-electron chi connectivity index (χ2n) is 6.92. The molecule has 198 valence electrons. The maximum absolute atomic E-state index is 13.9. The van der Waals surface area contributed by atoms with Gasteiger partial charge in [-0.15, -0.1) is 0 Å². The molecule has 1 heterocycles. The average molecular weight is 539 g/mol. The Balaban J connectivity index is 1.61. The highest BCUT2D eigenvalue weighted by Gasteiger charge is 2.44. The van der Waals surface area contributed by atoms with Crippen LogP contribution in [0.3, 0.4) is 0 Å². The molecule has 7 nitrogen and oxygen atoms in total. The summed E-state index contributed by atoms with van der Waals surface area (Å²) in [5.74, 6) is -2.47. The molecule has 0 bridgehead atoms. The number of ether oxygens (including phenoxy) is 2. The van der Waals surface area contributed by atoms with Crippen LogP contribution in [0.4, 0.5) is 57.0 Å². The summed E-state index contributed by atoms with van der Waals surface area (Å²) in [6.07, 6.45) is -16.2. The zero-order chi connectivity index (χ0) is 27.2. The van der Waals surface area contributed by atoms with Crippen LogP contribution >= 0.6 is 0 Å². The number of hydrogen-bond acceptors (Lipinski definition) is 7. The fourth-order valence-electron chi connectivity index (χ4n) is 2.48. The van der Waals surface area contributed by atoms with Gasteiger partial charge in [-0.2, -0.15) is 54.6 Å². The van der Waals surface area contributed by atoms with Gasteiger partial charge in [0.25, 0.3) is 0 Å². The molecule has 0 spiro atoms. The van der Waals surface area contributed by atoms with Crippen LogP contribution in [-0.2, 0) is 0 Å². The Kier molecular flexibility index (Phi) is 8.29. The van der Waals surface area contributed by atoms with Crippen molar-refractivity contribution in [1.82, 2.24) is 9.97 Å². The Morgan fingerprint density at radius 1 is 0.784 bits per heavy atom. The average Bonchev–Trinajstić information content (AvgIpc) is 2.80. The molecule has 1 aromatic heterocycles. The summed E-state index contributed by atoms with van der Waals surface area (Å²) < 4.78 is 122. The Labute approximate surface area is 201 Å². The second kappa shape index (κ2) is 11.2. The van der Waals surface area contributed by atoms with E-state index in [1.54, 1.807) is 0 Å². The highest BCUT2D eigenvalue weighted by molar-refractivity contribution is 5.80. The zero-order valence-electron chi connectivity index (χ0n) is 18.0. The molecule has 0 aliphatic rings. The van der Waals surface area contributed by atoms with Crippen LogP contribution in [0.15, 0.2) is 59.7 Å². The molecule has 0 aliphatic carbocycles. The number of hydrogen-bond donors (Lipinski definition) is 2. The molecule has 2 aromatic carbocycles. The van der Waals surface area contributed by atoms with Crippen LogP contribution in [-0.4, -0.2) is 41.3 Å². The normalized spacial score (nSPS) is 12.3. The number of halogens is 9. The van der Waals surface area contributed by atoms with Crippen molar-refractivity contribution in [1.29, 1.82) is 0 Å². The monoisotopic (exact) mass is 539 g/mol. The lowest BCUT2D eigenvalue weighted by Gasteiger charge is -2.17. The van der Waals surface area contributed by atoms with E-state index in [1.165, 1.54) is 24.3 Å². The number of nitrogens with one attached hydrogen (secondary N) is 2. The third kappa shape index (κ3) is 7.88. The Morgan fingerprint density at radius 2 is 1.30 bits per heavy atom. The van der Waals surface area contributed by atoms with Gasteiger partial charge in [0, 0.05) is 11.8 Å². The van der Waals surface area contributed by atoms with Gasteiger partial charge in [0.15, 0.2) is 0 Å². The molecule has 0 atom stereocenters. The van der Waals surface area contributed by atoms with Crippen molar-refractivity contribution in [2.24, 2.45) is 5.10 Å². The smallest absolute Gasteiger partial charge is 0.428 e. The first-order chi connectivity index (χ1) is 17.3. The van der Waals surface area contributed by atoms with Crippen molar-refractivity contribution in [3.05, 3.63) is 66.1 Å². The number of anilines is 3. The number of benzene rings is 2. The SMILES string of the molecule is Fc1cc(Nc2ccc(OC(F)(F)C(F)F)cc2)nc(N/N=C/c2ccc(OC(F)(F)C(F)F)cc2)n1. The predicted octanol–water partition coefficient (Wildman–Crippen LogP) is 6.28. The van der Waals surface area contributed by atoms with Gasteiger partial charge in [0.05, 0.1) is 6.21 Å². The lowest BCUT2D eigenvalue weighted by Crippen LogP contribution is -2.33. The van der Waals surface area contributed by atoms with E-state index in [0.29, 0.717) is 5.56 Å². The third-order valence-corrected chi connectivity index (χ3v) is 4.10. The van der Waals surface area contributed by atoms with E-state index in [9.17, 15) is 39.5 Å². The number of aromatic nitrogens is 2. The van der Waals surface area contributed by atoms with Gasteiger partial charge < -0.3 is 14.8 Å². The molecule has 0 amide bonds. The van der Waals surface area contributed by atoms with Crippen LogP contribution in [0.25, 0.3) is 0 Å². The largest absolute Gasteiger partial charge is 0.461 e. The molecular formula is C21H14F9N5O2. The molecular weight excluding hydrogens is 525 g/mol. The summed E-state index contributed by atoms with van der Waals surface area (Å²) in [6.45, 7) is 0. The molecule has 16 heteroatoms. The Bertz CT molecular complexity index is 1210. The minimum absolute atomic E-state index is 0.0989. The van der Waals surface area contributed by atoms with Gasteiger partial charge >= 0.3 is 25.1 Å². The molecule has 0 unspecified atom stereocenters. The van der Waals surface area contributed by atoms with E-state index in [2.05, 4.69) is 35.3 Å². The first kappa shape index (κ1) is 27.3. The zero-order valence-corrected chi connectivity index (χ0v) is 18.0. The molecule has 0 saturated heterocycles. The van der Waals surface area contributed by atoms with E-state index < -0.39 is 42.5 Å². The summed E-state index contributed by atoms with van der Waals surface area (Å²) in [5.41, 5.74) is 2.84. The maximum atomic E-state index is 13.9. The van der Waals surface area contributed by atoms with Crippen LogP contribution in [0, 0.1) is 5.95 Å². The van der Waals surface area contributed by atoms with Gasteiger partial charge in [-0.3, -0.25) is 0 Å². The number of rotatable bonds is 11. The molecule has 37 heavy (non-hydrogen) atoms. The molecule has 0 saturated carbocycles. The minimum Gasteiger partial charge on any atom is -0.428 e. The Morgan fingerprint density at radius 3 is 1.81 bits per heavy atom. The number of nitrogens with zero attached hydrogens (tertiary/aromatic N) is 3. The van der Waals surface area contributed by atoms with Crippen molar-refractivity contribution in [3.63, 3.8) is 0 Å². The number of hydrazone groups is 1. The van der Waals surface area contributed by atoms with Gasteiger partial charge in [-0.05, 0) is 54.1 Å². The van der Waals surface area contributed by atoms with Gasteiger partial charge in [0.2, 0.25) is 11.9 Å². The lowest BCUT2D eigenvalue weighted by molar-refractivity contribution is -0.253. The predicted molar refractivity (Wildman–Crippen MR) is 113 cm³/mol. The quantitative estimate of drug-likeness (QED) is 0.129. The first-order valence-electron chi connectivity index (χ1n) is 9.85. The van der Waals surface area contributed by atoms with Crippen molar-refractivity contribution in [2.45, 2.75) is 25.1 Å². The fourth-order valence-corrected chi connectivity index (χ4v) is 2.48. The van der Waals surface area contributed by atoms with Crippen molar-refractivity contribution in [3.8, 4) is 11.5 Å². The summed E-state index contributed by atoms with van der Waals surface area (Å²) in [6, 6.07) is 9.68. The van der Waals surface area contributed by atoms with E-state index in [1.807, 2.05) is 0 Å². The standard InChI is InChI=1S/C21H14F9N5O2/c22-15-9-16(32-12-3-7-14(8-4-12)37-21(29,30)18(25)26)34-19(33-15)35-31-10-11-1-5-13(6-2-11)36-20(27,28)17(23)24/h1-10,17-18H,(H2,32,33,34,35)/b31-10+. The Hall–Kier alpha value is -4.24. The summed E-state index contributed by atoms with van der Waals surface area (Å²) >= 11 is 0. The van der Waals surface area contributed by atoms with Crippen LogP contribution < -0.4 is 20.2 Å². The van der Waals surface area contributed by atoms with E-state index >= 15 is 0 Å². The molecule has 0 aliphatic heterocycles. The van der Waals surface area contributed by atoms with Gasteiger partial charge in [-0.1, -0.05) is 0 Å². The van der Waals surface area contributed by atoms with Crippen molar-refractivity contribution < 1.29 is 49.0 Å². The van der Waals surface area contributed by atoms with Crippen LogP contribution in [0.1, 0.15) is 5.56 Å². The molecule has 0 fully saturated rings. The highest BCUT2D eigenvalue weighted by Crippen LogP contribution is 2.29. The van der Waals surface area contributed by atoms with Crippen LogP contribution in [0.5, 0.6) is 11.5 Å². The summed E-state index contributed by atoms with van der Waals surface area (Å²) in [7, 11) is 0. The number of alkyl halides is 8. The third-order valence-electron chi connectivity index (χ3n) is 4.10. The van der Waals surface area contributed by atoms with E-state index in [0.717, 1.165) is 36.5 Å². The molecule has 2 N–H and O–H groups in total.